The van der Waals surface area contributed by atoms with Gasteiger partial charge in [-0.05, 0) is 44.9 Å². The first-order chi connectivity index (χ1) is 28.8. The predicted molar refractivity (Wildman–Crippen MR) is 236 cm³/mol. The summed E-state index contributed by atoms with van der Waals surface area (Å²) in [7, 11) is -9.70. The van der Waals surface area contributed by atoms with Gasteiger partial charge in [-0.1, -0.05) is 165 Å². The normalized spacial score (nSPS) is 15.0. The third-order valence-electron chi connectivity index (χ3n) is 9.28. The van der Waals surface area contributed by atoms with E-state index in [-0.39, 0.29) is 18.9 Å². The number of aliphatic hydroxyl groups excluding tert-OH is 2. The Bertz CT molecular complexity index is 1270. The Labute approximate surface area is 361 Å². The van der Waals surface area contributed by atoms with Gasteiger partial charge >= 0.3 is 27.6 Å². The minimum atomic E-state index is -4.87. The molecule has 0 aliphatic heterocycles. The van der Waals surface area contributed by atoms with Gasteiger partial charge in [-0.15, -0.1) is 0 Å². The molecular weight excluding hydrogens is 814 g/mol. The van der Waals surface area contributed by atoms with Gasteiger partial charge in [0.25, 0.3) is 0 Å². The molecule has 0 aromatic rings. The molecule has 0 fully saturated rings. The van der Waals surface area contributed by atoms with Crippen molar-refractivity contribution in [3.05, 3.63) is 48.6 Å². The summed E-state index contributed by atoms with van der Waals surface area (Å²) in [4.78, 5) is 52.7. The fourth-order valence-corrected chi connectivity index (χ4v) is 6.99. The molecule has 0 aromatic carbocycles. The summed E-state index contributed by atoms with van der Waals surface area (Å²) in [6, 6.07) is 0. The molecule has 16 heteroatoms. The van der Waals surface area contributed by atoms with Crippen molar-refractivity contribution >= 4 is 27.6 Å². The minimum absolute atomic E-state index is 0.0394. The Morgan fingerprint density at radius 3 is 1.55 bits per heavy atom. The Kier molecular flexibility index (Phi) is 38.6. The summed E-state index contributed by atoms with van der Waals surface area (Å²) in [5.41, 5.74) is 0. The lowest BCUT2D eigenvalue weighted by atomic mass is 10.0. The van der Waals surface area contributed by atoms with Crippen LogP contribution in [0.5, 0.6) is 0 Å². The van der Waals surface area contributed by atoms with E-state index in [4.69, 9.17) is 23.8 Å². The number of aliphatic hydroxyl groups is 2. The highest BCUT2D eigenvalue weighted by atomic mass is 31.2. The molecule has 14 nitrogen and oxygen atoms in total. The number of phosphoric acid groups is 2. The van der Waals surface area contributed by atoms with E-state index in [9.17, 15) is 33.8 Å². The summed E-state index contributed by atoms with van der Waals surface area (Å²) >= 11 is 0. The molecule has 0 amide bonds. The number of carbonyl (C=O) groups is 2. The molecule has 0 aliphatic rings. The van der Waals surface area contributed by atoms with Gasteiger partial charge in [-0.2, -0.15) is 0 Å². The molecule has 60 heavy (non-hydrogen) atoms. The highest BCUT2D eigenvalue weighted by Gasteiger charge is 2.28. The molecule has 0 saturated carbocycles. The third kappa shape index (κ3) is 42.7. The van der Waals surface area contributed by atoms with Crippen LogP contribution in [0.2, 0.25) is 0 Å². The predicted octanol–water partition coefficient (Wildman–Crippen LogP) is 10.4. The zero-order valence-corrected chi connectivity index (χ0v) is 38.5. The van der Waals surface area contributed by atoms with Crippen LogP contribution in [0, 0.1) is 0 Å². The summed E-state index contributed by atoms with van der Waals surface area (Å²) in [6.45, 7) is 1.54. The highest BCUT2D eigenvalue weighted by molar-refractivity contribution is 7.47. The van der Waals surface area contributed by atoms with E-state index >= 15 is 0 Å². The number of hydrogen-bond donors (Lipinski definition) is 5. The fraction of sp³-hybridized carbons (Fsp3) is 0.773. The Morgan fingerprint density at radius 2 is 1.00 bits per heavy atom. The second-order valence-electron chi connectivity index (χ2n) is 15.1. The molecule has 0 aliphatic carbocycles. The molecule has 0 bridgehead atoms. The Balaban J connectivity index is 4.62. The maximum absolute atomic E-state index is 12.6. The van der Waals surface area contributed by atoms with E-state index < -0.39 is 66.2 Å². The molecule has 350 valence electrons. The molecule has 0 saturated heterocycles. The van der Waals surface area contributed by atoms with Crippen LogP contribution in [0.3, 0.4) is 0 Å². The number of carbonyl (C=O) groups excluding carboxylic acids is 2. The maximum Gasteiger partial charge on any atom is 0.472 e. The Morgan fingerprint density at radius 1 is 0.533 bits per heavy atom. The maximum atomic E-state index is 12.6. The zero-order valence-electron chi connectivity index (χ0n) is 36.7. The molecule has 1 unspecified atom stereocenters. The van der Waals surface area contributed by atoms with Crippen molar-refractivity contribution in [3.8, 4) is 0 Å². The molecular formula is C44H80O14P2. The summed E-state index contributed by atoms with van der Waals surface area (Å²) in [5, 5.41) is 19.6. The molecule has 5 N–H and O–H groups in total. The van der Waals surface area contributed by atoms with Crippen molar-refractivity contribution < 1.29 is 66.7 Å². The van der Waals surface area contributed by atoms with E-state index in [0.29, 0.717) is 19.3 Å². The Hall–Kier alpha value is -1.96. The first-order valence-electron chi connectivity index (χ1n) is 22.4. The van der Waals surface area contributed by atoms with Gasteiger partial charge in [-0.3, -0.25) is 23.2 Å². The van der Waals surface area contributed by atoms with Gasteiger partial charge in [0, 0.05) is 12.8 Å². The van der Waals surface area contributed by atoms with E-state index in [0.717, 1.165) is 57.8 Å². The topological polar surface area (TPSA) is 216 Å². The van der Waals surface area contributed by atoms with E-state index in [1.54, 1.807) is 0 Å². The molecule has 0 radical (unpaired) electrons. The van der Waals surface area contributed by atoms with Gasteiger partial charge in [0.1, 0.15) is 12.7 Å². The lowest BCUT2D eigenvalue weighted by Crippen LogP contribution is -2.29. The largest absolute Gasteiger partial charge is 0.472 e. The number of rotatable bonds is 42. The average Bonchev–Trinajstić information content (AvgIpc) is 3.20. The van der Waals surface area contributed by atoms with Crippen LogP contribution >= 0.6 is 15.6 Å². The van der Waals surface area contributed by atoms with E-state index in [1.807, 2.05) is 30.4 Å². The lowest BCUT2D eigenvalue weighted by Gasteiger charge is -2.20. The SMILES string of the molecule is CCCCCCCCCCCCCCCCCC(=O)OC[C@H](COP(=O)(O)OC[C@@H](O)COP(=O)(O)O)OC(=O)CCC/C=C\C/C=C\C/C=C\C/C=C\[C@H](O)CCCC. The summed E-state index contributed by atoms with van der Waals surface area (Å²) < 4.78 is 47.7. The van der Waals surface area contributed by atoms with Crippen LogP contribution < -0.4 is 0 Å². The quantitative estimate of drug-likeness (QED) is 0.0167. The summed E-state index contributed by atoms with van der Waals surface area (Å²) in [5.74, 6) is -1.12. The van der Waals surface area contributed by atoms with Crippen LogP contribution in [-0.2, 0) is 41.8 Å². The van der Waals surface area contributed by atoms with Crippen molar-refractivity contribution in [1.29, 1.82) is 0 Å². The van der Waals surface area contributed by atoms with Crippen LogP contribution in [-0.4, -0.2) is 81.6 Å². The number of allylic oxidation sites excluding steroid dienone is 7. The van der Waals surface area contributed by atoms with Crippen LogP contribution in [0.4, 0.5) is 0 Å². The van der Waals surface area contributed by atoms with Gasteiger partial charge in [0.15, 0.2) is 6.10 Å². The van der Waals surface area contributed by atoms with Crippen LogP contribution in [0.1, 0.15) is 174 Å². The standard InChI is InChI=1S/C44H80O14P2/c1-3-5-7-8-9-10-11-12-13-14-18-21-24-27-30-34-43(47)54-38-42(39-57-60(52,53)56-37-41(46)36-55-59(49,50)51)58-44(48)35-31-28-25-22-19-16-15-17-20-23-26-29-33-40(45)32-6-4-2/h15-16,20,22-23,25,29,33,40-42,45-46H,3-14,17-19,21,24,26-28,30-32,34-39H2,1-2H3,(H,52,53)(H2,49,50,51)/b16-15-,23-20-,25-22-,33-29-/t40-,41+,42-/m1/s1. The lowest BCUT2D eigenvalue weighted by molar-refractivity contribution is -0.161. The molecule has 0 rings (SSSR count). The van der Waals surface area contributed by atoms with E-state index in [2.05, 4.69) is 41.1 Å². The van der Waals surface area contributed by atoms with Gasteiger partial charge in [-0.25, -0.2) is 9.13 Å². The van der Waals surface area contributed by atoms with Crippen LogP contribution in [0.15, 0.2) is 48.6 Å². The molecule has 0 heterocycles. The van der Waals surface area contributed by atoms with Crippen molar-refractivity contribution in [3.63, 3.8) is 0 Å². The second-order valence-corrected chi connectivity index (χ2v) is 17.8. The zero-order chi connectivity index (χ0) is 44.6. The van der Waals surface area contributed by atoms with E-state index in [1.165, 1.54) is 70.6 Å². The van der Waals surface area contributed by atoms with Crippen molar-refractivity contribution in [1.82, 2.24) is 0 Å². The number of unbranched alkanes of at least 4 members (excludes halogenated alkanes) is 16. The number of hydrogen-bond acceptors (Lipinski definition) is 11. The van der Waals surface area contributed by atoms with Gasteiger partial charge in [0.05, 0.1) is 25.9 Å². The van der Waals surface area contributed by atoms with Gasteiger partial charge < -0.3 is 34.4 Å². The first-order valence-corrected chi connectivity index (χ1v) is 25.4. The van der Waals surface area contributed by atoms with Crippen molar-refractivity contribution in [2.24, 2.45) is 0 Å². The molecule has 0 spiro atoms. The smallest absolute Gasteiger partial charge is 0.462 e. The molecule has 0 aromatic heterocycles. The average molecular weight is 895 g/mol. The minimum Gasteiger partial charge on any atom is -0.462 e. The number of phosphoric ester groups is 2. The van der Waals surface area contributed by atoms with Crippen molar-refractivity contribution in [2.45, 2.75) is 193 Å². The first kappa shape index (κ1) is 58.0. The van der Waals surface area contributed by atoms with Gasteiger partial charge in [0.2, 0.25) is 0 Å². The fourth-order valence-electron chi connectivity index (χ4n) is 5.83. The number of esters is 2. The monoisotopic (exact) mass is 895 g/mol. The third-order valence-corrected chi connectivity index (χ3v) is 10.7. The molecule has 4 atom stereocenters. The second kappa shape index (κ2) is 39.9. The number of ether oxygens (including phenoxy) is 2. The summed E-state index contributed by atoms with van der Waals surface area (Å²) in [6.07, 6.45) is 37.3. The van der Waals surface area contributed by atoms with Crippen LogP contribution in [0.25, 0.3) is 0 Å². The highest BCUT2D eigenvalue weighted by Crippen LogP contribution is 2.43. The van der Waals surface area contributed by atoms with Crippen molar-refractivity contribution in [2.75, 3.05) is 26.4 Å².